The van der Waals surface area contributed by atoms with Gasteiger partial charge in [-0.15, -0.1) is 0 Å². The number of ether oxygens (including phenoxy) is 4. The van der Waals surface area contributed by atoms with Gasteiger partial charge in [0.15, 0.2) is 0 Å². The van der Waals surface area contributed by atoms with Gasteiger partial charge >= 0.3 is 11.9 Å². The number of methoxy groups -OCH3 is 1. The Morgan fingerprint density at radius 3 is 2.57 bits per heavy atom. The van der Waals surface area contributed by atoms with Gasteiger partial charge in [0, 0.05) is 41.3 Å². The molecule has 5 atom stereocenters. The monoisotopic (exact) mass is 725 g/mol. The van der Waals surface area contributed by atoms with Crippen LogP contribution < -0.4 is 14.8 Å². The van der Waals surface area contributed by atoms with E-state index in [4.69, 9.17) is 23.9 Å². The topological polar surface area (TPSA) is 133 Å². The Balaban J connectivity index is 1.35. The van der Waals surface area contributed by atoms with Crippen molar-refractivity contribution in [3.63, 3.8) is 0 Å². The van der Waals surface area contributed by atoms with Gasteiger partial charge in [-0.2, -0.15) is 0 Å². The summed E-state index contributed by atoms with van der Waals surface area (Å²) >= 11 is 0. The van der Waals surface area contributed by atoms with E-state index >= 15 is 0 Å². The van der Waals surface area contributed by atoms with Crippen LogP contribution >= 0.6 is 0 Å². The lowest BCUT2D eigenvalue weighted by Crippen LogP contribution is -2.54. The lowest BCUT2D eigenvalue weighted by atomic mass is 9.95. The molecule has 2 fully saturated rings. The van der Waals surface area contributed by atoms with Gasteiger partial charge in [-0.1, -0.05) is 55.3 Å². The maximum Gasteiger partial charge on any atom is 0.332 e. The fourth-order valence-corrected chi connectivity index (χ4v) is 7.45. The first-order chi connectivity index (χ1) is 25.4. The molecule has 2 aliphatic heterocycles. The van der Waals surface area contributed by atoms with Crippen molar-refractivity contribution < 1.29 is 38.1 Å². The average Bonchev–Trinajstić information content (AvgIpc) is 3.66. The van der Waals surface area contributed by atoms with Crippen molar-refractivity contribution in [3.05, 3.63) is 66.7 Å². The van der Waals surface area contributed by atoms with E-state index in [0.717, 1.165) is 36.6 Å². The fourth-order valence-electron chi connectivity index (χ4n) is 7.45. The van der Waals surface area contributed by atoms with Crippen LogP contribution in [0.5, 0.6) is 11.5 Å². The number of allylic oxidation sites excluding steroid dienone is 1. The molecule has 1 aromatic heterocycles. The molecule has 1 N–H and O–H groups in total. The van der Waals surface area contributed by atoms with Crippen molar-refractivity contribution >= 4 is 34.7 Å². The van der Waals surface area contributed by atoms with Crippen LogP contribution in [0.25, 0.3) is 22.2 Å². The van der Waals surface area contributed by atoms with Crippen molar-refractivity contribution in [2.45, 2.75) is 102 Å². The Kier molecular flexibility index (Phi) is 11.4. The normalized spacial score (nSPS) is 25.6. The maximum atomic E-state index is 14.6. The number of aromatic nitrogens is 1. The number of benzene rings is 2. The molecule has 11 nitrogen and oxygen atoms in total. The summed E-state index contributed by atoms with van der Waals surface area (Å²) < 4.78 is 23.3. The Morgan fingerprint density at radius 2 is 1.83 bits per heavy atom. The molecule has 1 saturated heterocycles. The number of hydrogen-bond acceptors (Lipinski definition) is 9. The third-order valence-electron chi connectivity index (χ3n) is 10.2. The molecule has 3 aromatic rings. The Bertz CT molecular complexity index is 1850. The van der Waals surface area contributed by atoms with Crippen molar-refractivity contribution in [2.24, 2.45) is 11.8 Å². The molecule has 282 valence electrons. The summed E-state index contributed by atoms with van der Waals surface area (Å²) in [7, 11) is 1.60. The van der Waals surface area contributed by atoms with E-state index in [1.165, 1.54) is 0 Å². The molecule has 0 spiro atoms. The lowest BCUT2D eigenvalue weighted by molar-refractivity contribution is -0.159. The molecule has 1 saturated carbocycles. The molecule has 11 heteroatoms. The summed E-state index contributed by atoms with van der Waals surface area (Å²) in [5.74, 6) is -1.39. The lowest BCUT2D eigenvalue weighted by Gasteiger charge is -2.29. The molecule has 53 heavy (non-hydrogen) atoms. The summed E-state index contributed by atoms with van der Waals surface area (Å²) in [5.41, 5.74) is 0.365. The van der Waals surface area contributed by atoms with Gasteiger partial charge in [0.25, 0.3) is 0 Å². The van der Waals surface area contributed by atoms with Gasteiger partial charge in [0.05, 0.1) is 37.9 Å². The predicted octanol–water partition coefficient (Wildman–Crippen LogP) is 6.57. The third kappa shape index (κ3) is 8.83. The van der Waals surface area contributed by atoms with Gasteiger partial charge in [0.2, 0.25) is 11.8 Å². The van der Waals surface area contributed by atoms with E-state index in [-0.39, 0.29) is 37.8 Å². The molecule has 6 rings (SSSR count). The maximum absolute atomic E-state index is 14.6. The van der Waals surface area contributed by atoms with Crippen LogP contribution in [0, 0.1) is 11.8 Å². The minimum absolute atomic E-state index is 0.0987. The van der Waals surface area contributed by atoms with Crippen LogP contribution in [0.15, 0.2) is 66.7 Å². The number of pyridine rings is 1. The summed E-state index contributed by atoms with van der Waals surface area (Å²) in [6.07, 6.45) is 7.77. The van der Waals surface area contributed by atoms with Crippen LogP contribution in [-0.2, 0) is 28.7 Å². The Hall–Kier alpha value is -4.93. The van der Waals surface area contributed by atoms with Crippen molar-refractivity contribution in [3.8, 4) is 22.8 Å². The second kappa shape index (κ2) is 16.0. The number of rotatable bonds is 8. The second-order valence-corrected chi connectivity index (χ2v) is 15.3. The average molecular weight is 726 g/mol. The molecule has 3 aliphatic rings. The number of amides is 2. The standard InChI is InChI=1S/C42H51N3O8/c1-6-51-40(49)42-25-29(42)18-14-9-7-8-11-17-28(21-37(46)53-41(2,3)4)39(48)45-26-31(23-35(45)38(47)44-42)52-36-24-33(27-15-12-10-13-16-27)43-34-22-30(50-5)19-20-32(34)36/h10,12-16,18-20,22,24,28-29,31,35H,6-9,11,17,21,23,25-26H2,1-5H3,(H,44,47)/b18-14-/t28-,29+,31-,35+,42+/m1/s1. The highest BCUT2D eigenvalue weighted by molar-refractivity contribution is 5.96. The van der Waals surface area contributed by atoms with Crippen molar-refractivity contribution in [1.29, 1.82) is 0 Å². The number of fused-ring (bicyclic) bond motifs is 3. The largest absolute Gasteiger partial charge is 0.497 e. The number of carbonyl (C=O) groups is 4. The zero-order valence-corrected chi connectivity index (χ0v) is 31.4. The molecule has 3 heterocycles. The van der Waals surface area contributed by atoms with Crippen LogP contribution in [-0.4, -0.2) is 77.2 Å². The van der Waals surface area contributed by atoms with Crippen molar-refractivity contribution in [2.75, 3.05) is 20.3 Å². The van der Waals surface area contributed by atoms with Gasteiger partial charge in [-0.05, 0) is 65.5 Å². The molecule has 2 amide bonds. The number of nitrogens with zero attached hydrogens (tertiary/aromatic N) is 2. The smallest absolute Gasteiger partial charge is 0.332 e. The van der Waals surface area contributed by atoms with Gasteiger partial charge < -0.3 is 29.2 Å². The SMILES string of the molecule is CCOC(=O)[C@]12C[C@@H]1/C=C\CCCCC[C@H](CC(=O)OC(C)(C)C)C(=O)N1C[C@H](Oc3cc(-c4ccccc4)nc4cc(OC)ccc34)C[C@H]1C(=O)N2. The highest BCUT2D eigenvalue weighted by atomic mass is 16.6. The third-order valence-corrected chi connectivity index (χ3v) is 10.2. The first-order valence-corrected chi connectivity index (χ1v) is 18.8. The zero-order chi connectivity index (χ0) is 37.8. The minimum Gasteiger partial charge on any atom is -0.497 e. The first-order valence-electron chi connectivity index (χ1n) is 18.8. The summed E-state index contributed by atoms with van der Waals surface area (Å²) in [6, 6.07) is 16.3. The fraction of sp³-hybridized carbons (Fsp3) is 0.500. The van der Waals surface area contributed by atoms with Crippen molar-refractivity contribution in [1.82, 2.24) is 15.2 Å². The summed E-state index contributed by atoms with van der Waals surface area (Å²) in [4.78, 5) is 61.9. The van der Waals surface area contributed by atoms with Crippen LogP contribution in [0.1, 0.15) is 79.1 Å². The molecule has 0 bridgehead atoms. The predicted molar refractivity (Wildman–Crippen MR) is 200 cm³/mol. The second-order valence-electron chi connectivity index (χ2n) is 15.3. The van der Waals surface area contributed by atoms with Crippen LogP contribution in [0.3, 0.4) is 0 Å². The van der Waals surface area contributed by atoms with Gasteiger partial charge in [0.1, 0.15) is 34.8 Å². The zero-order valence-electron chi connectivity index (χ0n) is 31.4. The van der Waals surface area contributed by atoms with E-state index in [1.807, 2.05) is 60.7 Å². The Labute approximate surface area is 311 Å². The number of esters is 2. The molecular weight excluding hydrogens is 674 g/mol. The van der Waals surface area contributed by atoms with E-state index in [2.05, 4.69) is 11.4 Å². The minimum atomic E-state index is -1.20. The quantitative estimate of drug-likeness (QED) is 0.202. The molecule has 2 aromatic carbocycles. The van der Waals surface area contributed by atoms with Crippen LogP contribution in [0.2, 0.25) is 0 Å². The van der Waals surface area contributed by atoms with E-state index in [1.54, 1.807) is 39.7 Å². The molecule has 0 unspecified atom stereocenters. The number of hydrogen-bond donors (Lipinski definition) is 1. The van der Waals surface area contributed by atoms with E-state index in [0.29, 0.717) is 35.6 Å². The van der Waals surface area contributed by atoms with E-state index in [9.17, 15) is 19.2 Å². The van der Waals surface area contributed by atoms with Crippen LogP contribution in [0.4, 0.5) is 0 Å². The highest BCUT2D eigenvalue weighted by Crippen LogP contribution is 2.46. The first kappa shape index (κ1) is 37.8. The summed E-state index contributed by atoms with van der Waals surface area (Å²) in [6.45, 7) is 7.42. The van der Waals surface area contributed by atoms with Gasteiger partial charge in [-0.3, -0.25) is 14.4 Å². The van der Waals surface area contributed by atoms with Gasteiger partial charge in [-0.25, -0.2) is 9.78 Å². The number of carbonyl (C=O) groups excluding carboxylic acids is 4. The number of nitrogens with one attached hydrogen (secondary N) is 1. The highest BCUT2D eigenvalue weighted by Gasteiger charge is 2.62. The summed E-state index contributed by atoms with van der Waals surface area (Å²) in [5, 5.41) is 3.78. The van der Waals surface area contributed by atoms with E-state index < -0.39 is 47.0 Å². The molecular formula is C42H51N3O8. The molecule has 0 radical (unpaired) electrons. The Morgan fingerprint density at radius 1 is 1.04 bits per heavy atom. The molecule has 1 aliphatic carbocycles.